The summed E-state index contributed by atoms with van der Waals surface area (Å²) >= 11 is 7.56. The fraction of sp³-hybridized carbons (Fsp3) is 0.333. The molecule has 0 atom stereocenters. The Labute approximate surface area is 87.1 Å². The van der Waals surface area contributed by atoms with E-state index in [1.807, 2.05) is 6.07 Å². The molecule has 66 valence electrons. The number of anilines is 1. The Hall–Kier alpha value is -0.150. The molecule has 0 saturated carbocycles. The molecule has 0 bridgehead atoms. The average molecular weight is 246 g/mol. The minimum absolute atomic E-state index is 0.857. The molecule has 1 N–H and O–H groups in total. The van der Waals surface area contributed by atoms with Crippen LogP contribution in [0.25, 0.3) is 0 Å². The van der Waals surface area contributed by atoms with Crippen molar-refractivity contribution in [3.63, 3.8) is 0 Å². The predicted molar refractivity (Wildman–Crippen MR) is 61.2 cm³/mol. The first-order chi connectivity index (χ1) is 5.74. The summed E-state index contributed by atoms with van der Waals surface area (Å²) < 4.78 is 1.12. The fourth-order valence-corrected chi connectivity index (χ4v) is 1.60. The van der Waals surface area contributed by atoms with E-state index in [-0.39, 0.29) is 0 Å². The van der Waals surface area contributed by atoms with Gasteiger partial charge in [-0.1, -0.05) is 15.9 Å². The summed E-state index contributed by atoms with van der Waals surface area (Å²) in [7, 11) is 0. The molecule has 12 heavy (non-hydrogen) atoms. The first-order valence-electron chi connectivity index (χ1n) is 3.85. The fourth-order valence-electron chi connectivity index (χ4n) is 1.02. The number of hydrogen-bond donors (Lipinski definition) is 2. The molecule has 0 fully saturated rings. The van der Waals surface area contributed by atoms with Gasteiger partial charge in [-0.05, 0) is 30.7 Å². The normalized spacial score (nSPS) is 9.92. The largest absolute Gasteiger partial charge is 0.384 e. The van der Waals surface area contributed by atoms with Gasteiger partial charge < -0.3 is 5.32 Å². The summed E-state index contributed by atoms with van der Waals surface area (Å²) in [5, 5.41) is 3.29. The lowest BCUT2D eigenvalue weighted by molar-refractivity contribution is 1.22. The Morgan fingerprint density at radius 2 is 2.25 bits per heavy atom. The van der Waals surface area contributed by atoms with Crippen molar-refractivity contribution in [2.24, 2.45) is 0 Å². The zero-order chi connectivity index (χ0) is 8.97. The van der Waals surface area contributed by atoms with E-state index < -0.39 is 0 Å². The van der Waals surface area contributed by atoms with Gasteiger partial charge in [0, 0.05) is 22.5 Å². The minimum atomic E-state index is 0.857. The maximum Gasteiger partial charge on any atom is 0.0370 e. The molecule has 0 heterocycles. The summed E-state index contributed by atoms with van der Waals surface area (Å²) in [6.45, 7) is 3.00. The van der Waals surface area contributed by atoms with Gasteiger partial charge in [-0.2, -0.15) is 12.6 Å². The third-order valence-electron chi connectivity index (χ3n) is 1.62. The molecule has 1 aromatic rings. The number of nitrogens with one attached hydrogen (secondary N) is 1. The van der Waals surface area contributed by atoms with Gasteiger partial charge >= 0.3 is 0 Å². The molecule has 0 saturated heterocycles. The van der Waals surface area contributed by atoms with Crippen LogP contribution in [-0.2, 0) is 0 Å². The molecule has 0 radical (unpaired) electrons. The monoisotopic (exact) mass is 245 g/mol. The molecular weight excluding hydrogens is 234 g/mol. The van der Waals surface area contributed by atoms with E-state index in [1.54, 1.807) is 0 Å². The number of halogens is 1. The molecular formula is C9H12BrNS. The molecule has 0 aromatic heterocycles. The molecule has 3 heteroatoms. The van der Waals surface area contributed by atoms with Gasteiger partial charge in [0.05, 0.1) is 0 Å². The van der Waals surface area contributed by atoms with Crippen LogP contribution < -0.4 is 5.32 Å². The molecule has 1 aromatic carbocycles. The van der Waals surface area contributed by atoms with Crippen LogP contribution in [0.15, 0.2) is 22.7 Å². The van der Waals surface area contributed by atoms with Gasteiger partial charge in [0.2, 0.25) is 0 Å². The van der Waals surface area contributed by atoms with Crippen LogP contribution in [0.2, 0.25) is 0 Å². The van der Waals surface area contributed by atoms with Gasteiger partial charge in [-0.25, -0.2) is 0 Å². The van der Waals surface area contributed by atoms with Gasteiger partial charge in [0.15, 0.2) is 0 Å². The lowest BCUT2D eigenvalue weighted by Crippen LogP contribution is -2.03. The molecule has 1 nitrogen and oxygen atoms in total. The Morgan fingerprint density at radius 1 is 1.50 bits per heavy atom. The van der Waals surface area contributed by atoms with Crippen LogP contribution in [0.5, 0.6) is 0 Å². The van der Waals surface area contributed by atoms with E-state index in [0.717, 1.165) is 16.8 Å². The third-order valence-corrected chi connectivity index (χ3v) is 2.33. The van der Waals surface area contributed by atoms with Crippen molar-refractivity contribution in [3.8, 4) is 0 Å². The first kappa shape index (κ1) is 9.93. The van der Waals surface area contributed by atoms with E-state index in [1.165, 1.54) is 11.3 Å². The van der Waals surface area contributed by atoms with Gasteiger partial charge in [0.25, 0.3) is 0 Å². The standard InChI is InChI=1S/C9H12BrNS/c1-7-6-8(10)2-3-9(7)11-4-5-12/h2-3,6,11-12H,4-5H2,1H3. The van der Waals surface area contributed by atoms with Crippen LogP contribution >= 0.6 is 28.6 Å². The van der Waals surface area contributed by atoms with Crippen molar-refractivity contribution >= 4 is 34.2 Å². The van der Waals surface area contributed by atoms with Crippen LogP contribution in [0, 0.1) is 6.92 Å². The smallest absolute Gasteiger partial charge is 0.0370 e. The lowest BCUT2D eigenvalue weighted by atomic mass is 10.2. The number of rotatable bonds is 3. The summed E-state index contributed by atoms with van der Waals surface area (Å²) in [4.78, 5) is 0. The summed E-state index contributed by atoms with van der Waals surface area (Å²) in [6.07, 6.45) is 0. The van der Waals surface area contributed by atoms with E-state index in [9.17, 15) is 0 Å². The number of thiol groups is 1. The molecule has 0 aliphatic heterocycles. The zero-order valence-corrected chi connectivity index (χ0v) is 9.45. The highest BCUT2D eigenvalue weighted by atomic mass is 79.9. The lowest BCUT2D eigenvalue weighted by Gasteiger charge is -2.07. The topological polar surface area (TPSA) is 12.0 Å². The summed E-state index contributed by atoms with van der Waals surface area (Å²) in [5.74, 6) is 0.857. The van der Waals surface area contributed by atoms with Crippen LogP contribution in [0.3, 0.4) is 0 Å². The molecule has 0 spiro atoms. The molecule has 0 unspecified atom stereocenters. The van der Waals surface area contributed by atoms with Crippen LogP contribution in [0.4, 0.5) is 5.69 Å². The molecule has 0 aliphatic rings. The Bertz CT molecular complexity index is 263. The van der Waals surface area contributed by atoms with Crippen molar-refractivity contribution in [1.29, 1.82) is 0 Å². The summed E-state index contributed by atoms with van der Waals surface area (Å²) in [6, 6.07) is 6.21. The highest BCUT2D eigenvalue weighted by Crippen LogP contribution is 2.19. The van der Waals surface area contributed by atoms with Crippen LogP contribution in [0.1, 0.15) is 5.56 Å². The van der Waals surface area contributed by atoms with Crippen molar-refractivity contribution in [3.05, 3.63) is 28.2 Å². The molecule has 0 aliphatic carbocycles. The van der Waals surface area contributed by atoms with Gasteiger partial charge in [-0.3, -0.25) is 0 Å². The van der Waals surface area contributed by atoms with Gasteiger partial charge in [0.1, 0.15) is 0 Å². The van der Waals surface area contributed by atoms with E-state index in [0.29, 0.717) is 0 Å². The van der Waals surface area contributed by atoms with Crippen molar-refractivity contribution in [1.82, 2.24) is 0 Å². The Morgan fingerprint density at radius 3 is 2.83 bits per heavy atom. The van der Waals surface area contributed by atoms with Gasteiger partial charge in [-0.15, -0.1) is 0 Å². The molecule has 0 amide bonds. The van der Waals surface area contributed by atoms with Crippen molar-refractivity contribution < 1.29 is 0 Å². The van der Waals surface area contributed by atoms with E-state index >= 15 is 0 Å². The summed E-state index contributed by atoms with van der Waals surface area (Å²) in [5.41, 5.74) is 2.44. The Balaban J connectivity index is 2.72. The zero-order valence-electron chi connectivity index (χ0n) is 6.97. The minimum Gasteiger partial charge on any atom is -0.384 e. The molecule has 1 rings (SSSR count). The quantitative estimate of drug-likeness (QED) is 0.781. The second-order valence-corrected chi connectivity index (χ2v) is 3.97. The van der Waals surface area contributed by atoms with Crippen molar-refractivity contribution in [2.45, 2.75) is 6.92 Å². The first-order valence-corrected chi connectivity index (χ1v) is 5.27. The number of hydrogen-bond acceptors (Lipinski definition) is 2. The number of benzene rings is 1. The van der Waals surface area contributed by atoms with Crippen LogP contribution in [-0.4, -0.2) is 12.3 Å². The van der Waals surface area contributed by atoms with E-state index in [4.69, 9.17) is 0 Å². The van der Waals surface area contributed by atoms with Crippen molar-refractivity contribution in [2.75, 3.05) is 17.6 Å². The maximum atomic E-state index is 4.13. The number of aryl methyl sites for hydroxylation is 1. The second kappa shape index (κ2) is 4.77. The average Bonchev–Trinajstić information content (AvgIpc) is 2.03. The predicted octanol–water partition coefficient (Wildman–Crippen LogP) is 3.10. The highest BCUT2D eigenvalue weighted by Gasteiger charge is 1.96. The maximum absolute atomic E-state index is 4.13. The Kier molecular flexibility index (Phi) is 3.95. The second-order valence-electron chi connectivity index (χ2n) is 2.61. The highest BCUT2D eigenvalue weighted by molar-refractivity contribution is 9.10. The third kappa shape index (κ3) is 2.72. The van der Waals surface area contributed by atoms with E-state index in [2.05, 4.69) is 52.9 Å². The SMILES string of the molecule is Cc1cc(Br)ccc1NCCS.